The predicted molar refractivity (Wildman–Crippen MR) is 155 cm³/mol. The van der Waals surface area contributed by atoms with E-state index in [-0.39, 0.29) is 49.3 Å². The van der Waals surface area contributed by atoms with Crippen molar-refractivity contribution in [3.8, 4) is 17.2 Å². The van der Waals surface area contributed by atoms with E-state index >= 15 is 0 Å². The van der Waals surface area contributed by atoms with Gasteiger partial charge < -0.3 is 23.2 Å². The maximum Gasteiger partial charge on any atom is 0.344 e. The van der Waals surface area contributed by atoms with E-state index in [4.69, 9.17) is 13.0 Å². The first-order chi connectivity index (χ1) is 20.1. The van der Waals surface area contributed by atoms with Crippen molar-refractivity contribution in [2.24, 2.45) is 0 Å². The van der Waals surface area contributed by atoms with E-state index in [0.29, 0.717) is 0 Å². The summed E-state index contributed by atoms with van der Waals surface area (Å²) in [5.41, 5.74) is -1.13. The molecule has 0 atom stereocenters. The molecular formula is C32H22O9S. The van der Waals surface area contributed by atoms with Crippen LogP contribution in [0, 0.1) is 6.92 Å². The zero-order valence-corrected chi connectivity index (χ0v) is 22.8. The topological polar surface area (TPSA) is 144 Å². The van der Waals surface area contributed by atoms with Gasteiger partial charge in [-0.3, -0.25) is 0 Å². The third-order valence-electron chi connectivity index (χ3n) is 6.95. The van der Waals surface area contributed by atoms with Gasteiger partial charge in [0, 0.05) is 0 Å². The van der Waals surface area contributed by atoms with Crippen molar-refractivity contribution in [3.63, 3.8) is 0 Å². The molecule has 6 rings (SSSR count). The molecule has 0 amide bonds. The molecule has 0 spiro atoms. The molecule has 0 aliphatic heterocycles. The lowest BCUT2D eigenvalue weighted by Crippen LogP contribution is -2.21. The summed E-state index contributed by atoms with van der Waals surface area (Å²) in [4.78, 5) is 26.6. The zero-order chi connectivity index (χ0) is 29.6. The van der Waals surface area contributed by atoms with Gasteiger partial charge in [-0.25, -0.2) is 9.59 Å². The Morgan fingerprint density at radius 3 is 1.64 bits per heavy atom. The van der Waals surface area contributed by atoms with Gasteiger partial charge in [0.25, 0.3) is 0 Å². The van der Waals surface area contributed by atoms with Gasteiger partial charge in [-0.1, -0.05) is 54.1 Å². The highest BCUT2D eigenvalue weighted by molar-refractivity contribution is 7.87. The molecule has 0 radical (unpaired) electrons. The van der Waals surface area contributed by atoms with Crippen LogP contribution in [0.15, 0.2) is 120 Å². The number of para-hydroxylation sites is 2. The average Bonchev–Trinajstić information content (AvgIpc) is 2.97. The molecule has 0 unspecified atom stereocenters. The van der Waals surface area contributed by atoms with Gasteiger partial charge in [-0.15, -0.1) is 0 Å². The van der Waals surface area contributed by atoms with Crippen LogP contribution >= 0.6 is 0 Å². The van der Waals surface area contributed by atoms with E-state index in [1.54, 1.807) is 48.5 Å². The number of aryl methyl sites for hydroxylation is 1. The summed E-state index contributed by atoms with van der Waals surface area (Å²) < 4.78 is 41.9. The molecule has 9 nitrogen and oxygen atoms in total. The molecule has 0 saturated heterocycles. The highest BCUT2D eigenvalue weighted by Gasteiger charge is 2.32. The molecule has 0 bridgehead atoms. The molecule has 42 heavy (non-hydrogen) atoms. The highest BCUT2D eigenvalue weighted by atomic mass is 32.2. The van der Waals surface area contributed by atoms with Crippen LogP contribution in [0.1, 0.15) is 28.2 Å². The Kier molecular flexibility index (Phi) is 6.55. The van der Waals surface area contributed by atoms with Gasteiger partial charge >= 0.3 is 21.4 Å². The summed E-state index contributed by atoms with van der Waals surface area (Å²) in [6, 6.07) is 24.3. The molecule has 0 aliphatic carbocycles. The Labute approximate surface area is 238 Å². The molecular weight excluding hydrogens is 560 g/mol. The summed E-state index contributed by atoms with van der Waals surface area (Å²) in [5, 5.41) is 23.0. The number of hydrogen-bond donors (Lipinski definition) is 2. The summed E-state index contributed by atoms with van der Waals surface area (Å²) in [5.74, 6) is -2.29. The summed E-state index contributed by atoms with van der Waals surface area (Å²) in [6.07, 6.45) is 0. The van der Waals surface area contributed by atoms with Crippen LogP contribution in [0.3, 0.4) is 0 Å². The number of rotatable bonds is 6. The van der Waals surface area contributed by atoms with Gasteiger partial charge in [0.05, 0.1) is 27.8 Å². The molecule has 4 aromatic carbocycles. The fraction of sp³-hybridized carbons (Fsp3) is 0.0625. The van der Waals surface area contributed by atoms with Gasteiger partial charge in [0.1, 0.15) is 33.3 Å². The Bertz CT molecular complexity index is 2100. The largest absolute Gasteiger partial charge is 0.507 e. The van der Waals surface area contributed by atoms with Crippen LogP contribution in [0.2, 0.25) is 0 Å². The van der Waals surface area contributed by atoms with E-state index in [9.17, 15) is 28.2 Å². The van der Waals surface area contributed by atoms with Gasteiger partial charge in [-0.05, 0) is 61.0 Å². The Balaban J connectivity index is 1.53. The summed E-state index contributed by atoms with van der Waals surface area (Å²) >= 11 is 0. The minimum Gasteiger partial charge on any atom is -0.507 e. The smallest absolute Gasteiger partial charge is 0.344 e. The van der Waals surface area contributed by atoms with Crippen molar-refractivity contribution in [2.75, 3.05) is 0 Å². The Morgan fingerprint density at radius 2 is 1.14 bits per heavy atom. The molecule has 10 heteroatoms. The zero-order valence-electron chi connectivity index (χ0n) is 22.0. The van der Waals surface area contributed by atoms with E-state index in [2.05, 4.69) is 0 Å². The van der Waals surface area contributed by atoms with E-state index < -0.39 is 38.8 Å². The summed E-state index contributed by atoms with van der Waals surface area (Å²) in [7, 11) is -4.15. The molecule has 2 heterocycles. The standard InChI is InChI=1S/C32H22O9S/c1-18-10-16-21(17-11-18)42(37,38)41-20-14-12-19(13-15-20)26(27-29(33)22-6-2-4-8-24(22)39-31(27)35)28-30(34)23-7-3-5-9-25(23)40-32(28)36/h2-17,26,33-34H,1H3. The molecule has 0 aliphatic rings. The van der Waals surface area contributed by atoms with Crippen molar-refractivity contribution in [1.29, 1.82) is 0 Å². The highest BCUT2D eigenvalue weighted by Crippen LogP contribution is 2.42. The van der Waals surface area contributed by atoms with Gasteiger partial charge in [-0.2, -0.15) is 8.42 Å². The number of hydrogen-bond acceptors (Lipinski definition) is 9. The second-order valence-electron chi connectivity index (χ2n) is 9.65. The second-order valence-corrected chi connectivity index (χ2v) is 11.2. The minimum absolute atomic E-state index is 0.0348. The molecule has 2 aromatic heterocycles. The number of aromatic hydroxyl groups is 2. The summed E-state index contributed by atoms with van der Waals surface area (Å²) in [6.45, 7) is 1.83. The lowest BCUT2D eigenvalue weighted by atomic mass is 9.84. The van der Waals surface area contributed by atoms with Crippen molar-refractivity contribution < 1.29 is 31.6 Å². The maximum absolute atomic E-state index is 13.3. The Morgan fingerprint density at radius 1 is 0.667 bits per heavy atom. The van der Waals surface area contributed by atoms with Gasteiger partial charge in [0.15, 0.2) is 0 Å². The first-order valence-electron chi connectivity index (χ1n) is 12.7. The van der Waals surface area contributed by atoms with Crippen LogP contribution < -0.4 is 15.4 Å². The van der Waals surface area contributed by atoms with Crippen molar-refractivity contribution in [2.45, 2.75) is 17.7 Å². The Hall–Kier alpha value is -5.35. The number of benzene rings is 4. The monoisotopic (exact) mass is 582 g/mol. The lowest BCUT2D eigenvalue weighted by molar-refractivity contribution is 0.441. The van der Waals surface area contributed by atoms with Gasteiger partial charge in [0.2, 0.25) is 0 Å². The fourth-order valence-corrected chi connectivity index (χ4v) is 5.81. The van der Waals surface area contributed by atoms with Crippen LogP contribution in [-0.4, -0.2) is 18.6 Å². The van der Waals surface area contributed by atoms with Crippen LogP contribution in [0.5, 0.6) is 17.2 Å². The predicted octanol–water partition coefficient (Wildman–Crippen LogP) is 5.57. The molecule has 0 fully saturated rings. The third kappa shape index (κ3) is 4.67. The molecule has 210 valence electrons. The lowest BCUT2D eigenvalue weighted by Gasteiger charge is -2.20. The maximum atomic E-state index is 13.3. The first kappa shape index (κ1) is 26.9. The first-order valence-corrected chi connectivity index (χ1v) is 14.2. The normalized spacial score (nSPS) is 11.8. The second kappa shape index (κ2) is 10.2. The third-order valence-corrected chi connectivity index (χ3v) is 8.21. The minimum atomic E-state index is -4.15. The fourth-order valence-electron chi connectivity index (χ4n) is 4.88. The van der Waals surface area contributed by atoms with Crippen molar-refractivity contribution in [1.82, 2.24) is 0 Å². The van der Waals surface area contributed by atoms with Crippen LogP contribution in [0.4, 0.5) is 0 Å². The van der Waals surface area contributed by atoms with Crippen molar-refractivity contribution >= 4 is 32.1 Å². The van der Waals surface area contributed by atoms with E-state index in [1.165, 1.54) is 48.5 Å². The average molecular weight is 583 g/mol. The van der Waals surface area contributed by atoms with E-state index in [1.807, 2.05) is 6.92 Å². The van der Waals surface area contributed by atoms with E-state index in [0.717, 1.165) is 5.56 Å². The number of fused-ring (bicyclic) bond motifs is 2. The van der Waals surface area contributed by atoms with Crippen LogP contribution in [-0.2, 0) is 10.1 Å². The SMILES string of the molecule is Cc1ccc(S(=O)(=O)Oc2ccc(C(c3c(O)c4ccccc4oc3=O)c3c(O)c4ccccc4oc3=O)cc2)cc1. The van der Waals surface area contributed by atoms with Crippen LogP contribution in [0.25, 0.3) is 21.9 Å². The molecule has 2 N–H and O–H groups in total. The molecule has 6 aromatic rings. The quantitative estimate of drug-likeness (QED) is 0.190. The van der Waals surface area contributed by atoms with Crippen molar-refractivity contribution in [3.05, 3.63) is 140 Å². The molecule has 0 saturated carbocycles.